The molecular formula is C23H21F2N5O2. The molecule has 0 spiro atoms. The number of nitrogens with one attached hydrogen (secondary N) is 2. The van der Waals surface area contributed by atoms with Gasteiger partial charge >= 0.3 is 0 Å². The molecule has 164 valence electrons. The van der Waals surface area contributed by atoms with Gasteiger partial charge in [0.2, 0.25) is 0 Å². The van der Waals surface area contributed by atoms with Crippen molar-refractivity contribution < 1.29 is 13.6 Å². The van der Waals surface area contributed by atoms with Crippen LogP contribution in [0.25, 0.3) is 0 Å². The lowest BCUT2D eigenvalue weighted by Gasteiger charge is -2.14. The van der Waals surface area contributed by atoms with E-state index in [1.807, 2.05) is 24.4 Å². The van der Waals surface area contributed by atoms with Crippen LogP contribution in [0.2, 0.25) is 0 Å². The Kier molecular flexibility index (Phi) is 5.77. The van der Waals surface area contributed by atoms with Crippen LogP contribution in [-0.4, -0.2) is 34.1 Å². The standard InChI is InChI=1S/C23H21F2N5O2/c1-14-21(23(32)30(29(14)2)13-16-6-8-18(24)19(25)10-16)22(31)26-9-3-4-15-5-7-17-12-27-28-20(17)11-15/h5-8,10-12,17,20,28H,9,13H2,1-2H3,(H,26,31). The number of fused-ring (bicyclic) bond motifs is 1. The third-order valence-electron chi connectivity index (χ3n) is 5.51. The summed E-state index contributed by atoms with van der Waals surface area (Å²) in [5.41, 5.74) is 4.15. The zero-order valence-electron chi connectivity index (χ0n) is 17.5. The van der Waals surface area contributed by atoms with E-state index in [2.05, 4.69) is 27.7 Å². The summed E-state index contributed by atoms with van der Waals surface area (Å²) in [4.78, 5) is 25.5. The van der Waals surface area contributed by atoms with E-state index >= 15 is 0 Å². The highest BCUT2D eigenvalue weighted by Gasteiger charge is 2.23. The van der Waals surface area contributed by atoms with Gasteiger partial charge in [-0.3, -0.25) is 14.3 Å². The van der Waals surface area contributed by atoms with Gasteiger partial charge in [-0.05, 0) is 30.7 Å². The fourth-order valence-electron chi connectivity index (χ4n) is 3.63. The number of aromatic nitrogens is 2. The molecule has 1 aliphatic heterocycles. The Morgan fingerprint density at radius 3 is 2.91 bits per heavy atom. The van der Waals surface area contributed by atoms with E-state index in [-0.39, 0.29) is 30.6 Å². The van der Waals surface area contributed by atoms with Crippen molar-refractivity contribution in [1.29, 1.82) is 0 Å². The molecule has 2 N–H and O–H groups in total. The van der Waals surface area contributed by atoms with Crippen molar-refractivity contribution in [2.45, 2.75) is 19.5 Å². The van der Waals surface area contributed by atoms with Gasteiger partial charge in [-0.25, -0.2) is 13.5 Å². The molecule has 2 unspecified atom stereocenters. The first kappa shape index (κ1) is 21.3. The summed E-state index contributed by atoms with van der Waals surface area (Å²) in [6.45, 7) is 1.72. The molecule has 9 heteroatoms. The Morgan fingerprint density at radius 2 is 2.12 bits per heavy atom. The highest BCUT2D eigenvalue weighted by atomic mass is 19.2. The smallest absolute Gasteiger partial charge is 0.280 e. The first-order valence-corrected chi connectivity index (χ1v) is 10.0. The highest BCUT2D eigenvalue weighted by molar-refractivity contribution is 5.95. The van der Waals surface area contributed by atoms with Gasteiger partial charge in [0.05, 0.1) is 19.1 Å². The molecule has 2 aliphatic rings. The molecular weight excluding hydrogens is 416 g/mol. The van der Waals surface area contributed by atoms with Crippen molar-refractivity contribution in [2.75, 3.05) is 6.54 Å². The number of hydrogen-bond acceptors (Lipinski definition) is 4. The number of allylic oxidation sites excluding steroid dienone is 2. The van der Waals surface area contributed by atoms with Gasteiger partial charge in [0, 0.05) is 30.4 Å². The first-order chi connectivity index (χ1) is 15.3. The molecule has 1 aromatic carbocycles. The molecule has 7 nitrogen and oxygen atoms in total. The van der Waals surface area contributed by atoms with Gasteiger partial charge in [0.25, 0.3) is 11.5 Å². The lowest BCUT2D eigenvalue weighted by Crippen LogP contribution is -2.31. The Hall–Kier alpha value is -3.93. The minimum atomic E-state index is -0.993. The van der Waals surface area contributed by atoms with E-state index in [0.717, 1.165) is 17.7 Å². The minimum Gasteiger partial charge on any atom is -0.341 e. The maximum atomic E-state index is 13.5. The number of carbonyl (C=O) groups excluding carboxylic acids is 1. The predicted molar refractivity (Wildman–Crippen MR) is 116 cm³/mol. The van der Waals surface area contributed by atoms with E-state index in [1.165, 1.54) is 15.4 Å². The molecule has 0 saturated heterocycles. The van der Waals surface area contributed by atoms with E-state index in [0.29, 0.717) is 11.3 Å². The van der Waals surface area contributed by atoms with Crippen molar-refractivity contribution in [1.82, 2.24) is 20.1 Å². The van der Waals surface area contributed by atoms with Crippen LogP contribution >= 0.6 is 0 Å². The Labute approximate surface area is 183 Å². The summed E-state index contributed by atoms with van der Waals surface area (Å²) in [7, 11) is 1.63. The van der Waals surface area contributed by atoms with Gasteiger partial charge < -0.3 is 10.7 Å². The maximum absolute atomic E-state index is 13.5. The zero-order valence-corrected chi connectivity index (χ0v) is 17.5. The molecule has 2 atom stereocenters. The molecule has 0 saturated carbocycles. The summed E-state index contributed by atoms with van der Waals surface area (Å²) in [5.74, 6) is 3.61. The third kappa shape index (κ3) is 4.12. The monoisotopic (exact) mass is 437 g/mol. The van der Waals surface area contributed by atoms with Crippen LogP contribution in [0.1, 0.15) is 21.6 Å². The van der Waals surface area contributed by atoms with Crippen LogP contribution in [0.5, 0.6) is 0 Å². The van der Waals surface area contributed by atoms with Crippen molar-refractivity contribution >= 4 is 12.1 Å². The van der Waals surface area contributed by atoms with Gasteiger partial charge in [-0.2, -0.15) is 5.10 Å². The van der Waals surface area contributed by atoms with Crippen LogP contribution in [0.4, 0.5) is 8.78 Å². The van der Waals surface area contributed by atoms with Crippen molar-refractivity contribution in [3.05, 3.63) is 80.8 Å². The number of halogens is 2. The number of hydrogen-bond donors (Lipinski definition) is 2. The maximum Gasteiger partial charge on any atom is 0.280 e. The molecule has 2 heterocycles. The Morgan fingerprint density at radius 1 is 1.31 bits per heavy atom. The molecule has 1 amide bonds. The number of benzene rings is 1. The second-order valence-corrected chi connectivity index (χ2v) is 7.57. The van der Waals surface area contributed by atoms with E-state index in [1.54, 1.807) is 14.0 Å². The van der Waals surface area contributed by atoms with Gasteiger partial charge in [-0.1, -0.05) is 30.1 Å². The minimum absolute atomic E-state index is 0.000852. The molecule has 0 bridgehead atoms. The lowest BCUT2D eigenvalue weighted by atomic mass is 9.94. The van der Waals surface area contributed by atoms with E-state index < -0.39 is 23.1 Å². The number of amides is 1. The van der Waals surface area contributed by atoms with Crippen LogP contribution in [0.15, 0.2) is 51.9 Å². The van der Waals surface area contributed by atoms with E-state index in [9.17, 15) is 18.4 Å². The fourth-order valence-corrected chi connectivity index (χ4v) is 3.63. The van der Waals surface area contributed by atoms with Crippen molar-refractivity contribution in [3.8, 4) is 11.8 Å². The molecule has 1 aromatic heterocycles. The van der Waals surface area contributed by atoms with Crippen LogP contribution in [-0.2, 0) is 13.6 Å². The quantitative estimate of drug-likeness (QED) is 0.714. The second kappa shape index (κ2) is 8.67. The van der Waals surface area contributed by atoms with Crippen LogP contribution in [0.3, 0.4) is 0 Å². The SMILES string of the molecule is Cc1c(C(=O)NCC#CC2=CC3NN=CC3C=C2)c(=O)n(Cc2ccc(F)c(F)c2)n1C. The summed E-state index contributed by atoms with van der Waals surface area (Å²) in [6.07, 6.45) is 7.74. The number of carbonyl (C=O) groups is 1. The predicted octanol–water partition coefficient (Wildman–Crippen LogP) is 1.62. The zero-order chi connectivity index (χ0) is 22.8. The summed E-state index contributed by atoms with van der Waals surface area (Å²) in [6, 6.07) is 3.53. The number of hydrazone groups is 1. The van der Waals surface area contributed by atoms with Crippen LogP contribution in [0, 0.1) is 36.3 Å². The van der Waals surface area contributed by atoms with Crippen LogP contribution < -0.4 is 16.3 Å². The highest BCUT2D eigenvalue weighted by Crippen LogP contribution is 2.18. The number of nitrogens with zero attached hydrogens (tertiary/aromatic N) is 3. The van der Waals surface area contributed by atoms with Crippen molar-refractivity contribution in [3.63, 3.8) is 0 Å². The molecule has 32 heavy (non-hydrogen) atoms. The molecule has 2 aromatic rings. The molecule has 1 aliphatic carbocycles. The lowest BCUT2D eigenvalue weighted by molar-refractivity contribution is 0.0957. The summed E-state index contributed by atoms with van der Waals surface area (Å²) >= 11 is 0. The number of rotatable bonds is 4. The molecule has 0 fully saturated rings. The Balaban J connectivity index is 1.44. The van der Waals surface area contributed by atoms with Gasteiger partial charge in [-0.15, -0.1) is 0 Å². The summed E-state index contributed by atoms with van der Waals surface area (Å²) in [5, 5.41) is 6.68. The Bertz CT molecular complexity index is 1290. The van der Waals surface area contributed by atoms with E-state index in [4.69, 9.17) is 0 Å². The molecule has 4 rings (SSSR count). The van der Waals surface area contributed by atoms with Crippen molar-refractivity contribution in [2.24, 2.45) is 18.1 Å². The average Bonchev–Trinajstić information content (AvgIpc) is 3.32. The van der Waals surface area contributed by atoms with Gasteiger partial charge in [0.1, 0.15) is 5.56 Å². The fraction of sp³-hybridized carbons (Fsp3) is 0.261. The largest absolute Gasteiger partial charge is 0.341 e. The second-order valence-electron chi connectivity index (χ2n) is 7.57. The molecule has 0 radical (unpaired) electrons. The average molecular weight is 437 g/mol. The van der Waals surface area contributed by atoms with Gasteiger partial charge in [0.15, 0.2) is 11.6 Å². The first-order valence-electron chi connectivity index (χ1n) is 10.0. The summed E-state index contributed by atoms with van der Waals surface area (Å²) < 4.78 is 29.5. The normalized spacial score (nSPS) is 18.4. The topological polar surface area (TPSA) is 80.4 Å². The third-order valence-corrected chi connectivity index (χ3v) is 5.51.